The van der Waals surface area contributed by atoms with Crippen molar-refractivity contribution in [3.05, 3.63) is 65.7 Å². The number of ether oxygens (including phenoxy) is 1. The van der Waals surface area contributed by atoms with E-state index < -0.39 is 11.5 Å². The van der Waals surface area contributed by atoms with Gasteiger partial charge in [0.05, 0.1) is 12.0 Å². The number of aromatic nitrogens is 4. The molecule has 1 saturated heterocycles. The average molecular weight is 588 g/mol. The van der Waals surface area contributed by atoms with Gasteiger partial charge in [-0.1, -0.05) is 25.5 Å². The molecule has 43 heavy (non-hydrogen) atoms. The maximum atomic E-state index is 14.1. The summed E-state index contributed by atoms with van der Waals surface area (Å²) in [6, 6.07) is 10.1. The smallest absolute Gasteiger partial charge is 0.270 e. The molecule has 11 nitrogen and oxygen atoms in total. The Bertz CT molecular complexity index is 1500. The number of carbonyl (C=O) groups is 3. The van der Waals surface area contributed by atoms with Crippen LogP contribution in [0, 0.1) is 11.3 Å². The van der Waals surface area contributed by atoms with Crippen molar-refractivity contribution >= 4 is 23.4 Å². The number of aryl methyl sites for hydroxylation is 2. The van der Waals surface area contributed by atoms with Crippen molar-refractivity contribution in [2.75, 3.05) is 25.1 Å². The molecule has 11 heteroatoms. The van der Waals surface area contributed by atoms with Gasteiger partial charge in [-0.15, -0.1) is 0 Å². The van der Waals surface area contributed by atoms with Gasteiger partial charge in [0.15, 0.2) is 0 Å². The highest BCUT2D eigenvalue weighted by Crippen LogP contribution is 2.45. The summed E-state index contributed by atoms with van der Waals surface area (Å²) in [5.41, 5.74) is 1.96. The van der Waals surface area contributed by atoms with Crippen molar-refractivity contribution < 1.29 is 19.1 Å². The van der Waals surface area contributed by atoms with Crippen molar-refractivity contribution in [1.82, 2.24) is 30.2 Å². The number of nitrogens with zero attached hydrogens (tertiary/aromatic N) is 4. The third-order valence-corrected chi connectivity index (χ3v) is 9.69. The molecule has 0 spiro atoms. The third kappa shape index (κ3) is 5.82. The Morgan fingerprint density at radius 1 is 1.05 bits per heavy atom. The van der Waals surface area contributed by atoms with Crippen LogP contribution < -0.4 is 16.0 Å². The maximum Gasteiger partial charge on any atom is 0.270 e. The molecule has 228 valence electrons. The summed E-state index contributed by atoms with van der Waals surface area (Å²) in [4.78, 5) is 41.1. The zero-order chi connectivity index (χ0) is 30.2. The first-order valence-corrected chi connectivity index (χ1v) is 15.2. The standard InChI is InChI=1S/C32H41N7O4/c1-31(12-5-13-31)19-33-30(42)32(14-17-43-20-32)22-6-4-7-23(18-22)36-29(41)27(37-28(40)25-11-16-35-39(25)3)26(21-8-9-21)24-10-15-34-38(24)2/h4,6-7,10-11,15-16,18,21,26-27H,5,8-9,12-14,17,19-20H2,1-3H3,(H,33,42)(H,36,41)(H,37,40)/t26?,27-,32?/m0/s1. The Hall–Kier alpha value is -3.99. The molecule has 3 aliphatic rings. The first-order chi connectivity index (χ1) is 20.7. The first kappa shape index (κ1) is 29.1. The Labute approximate surface area is 251 Å². The van der Waals surface area contributed by atoms with Gasteiger partial charge in [0.2, 0.25) is 11.8 Å². The summed E-state index contributed by atoms with van der Waals surface area (Å²) < 4.78 is 9.02. The maximum absolute atomic E-state index is 14.1. The average Bonchev–Trinajstić information content (AvgIpc) is 3.31. The summed E-state index contributed by atoms with van der Waals surface area (Å²) in [6.45, 7) is 3.66. The molecule has 3 amide bonds. The quantitative estimate of drug-likeness (QED) is 0.316. The molecule has 0 radical (unpaired) electrons. The van der Waals surface area contributed by atoms with Gasteiger partial charge < -0.3 is 20.7 Å². The highest BCUT2D eigenvalue weighted by molar-refractivity contribution is 6.01. The summed E-state index contributed by atoms with van der Waals surface area (Å²) in [6.07, 6.45) is 9.22. The minimum absolute atomic E-state index is 0.0343. The minimum atomic E-state index is -0.857. The van der Waals surface area contributed by atoms with Crippen LogP contribution in [0.2, 0.25) is 0 Å². The number of anilines is 1. The van der Waals surface area contributed by atoms with Gasteiger partial charge in [-0.05, 0) is 73.3 Å². The Balaban J connectivity index is 1.26. The van der Waals surface area contributed by atoms with Gasteiger partial charge in [-0.2, -0.15) is 10.2 Å². The van der Waals surface area contributed by atoms with Crippen molar-refractivity contribution in [2.45, 2.75) is 62.8 Å². The fourth-order valence-electron chi connectivity index (χ4n) is 6.62. The Kier molecular flexibility index (Phi) is 7.85. The molecular formula is C32H41N7O4. The van der Waals surface area contributed by atoms with Gasteiger partial charge in [0, 0.05) is 56.9 Å². The van der Waals surface area contributed by atoms with Crippen LogP contribution in [-0.2, 0) is 33.8 Å². The van der Waals surface area contributed by atoms with Gasteiger partial charge >= 0.3 is 0 Å². The molecule has 1 aliphatic heterocycles. The van der Waals surface area contributed by atoms with Gasteiger partial charge in [0.25, 0.3) is 5.91 Å². The van der Waals surface area contributed by atoms with E-state index in [1.807, 2.05) is 37.4 Å². The van der Waals surface area contributed by atoms with Crippen LogP contribution in [0.3, 0.4) is 0 Å². The summed E-state index contributed by atoms with van der Waals surface area (Å²) in [7, 11) is 3.55. The second kappa shape index (κ2) is 11.6. The van der Waals surface area contributed by atoms with E-state index >= 15 is 0 Å². The summed E-state index contributed by atoms with van der Waals surface area (Å²) in [5, 5.41) is 17.8. The third-order valence-electron chi connectivity index (χ3n) is 9.69. The number of hydrogen-bond acceptors (Lipinski definition) is 6. The predicted molar refractivity (Wildman–Crippen MR) is 160 cm³/mol. The molecule has 2 saturated carbocycles. The fraction of sp³-hybridized carbons (Fsp3) is 0.531. The van der Waals surface area contributed by atoms with E-state index in [4.69, 9.17) is 4.74 Å². The molecular weight excluding hydrogens is 546 g/mol. The van der Waals surface area contributed by atoms with Crippen LogP contribution in [0.15, 0.2) is 48.8 Å². The molecule has 3 N–H and O–H groups in total. The molecule has 0 bridgehead atoms. The van der Waals surface area contributed by atoms with Crippen molar-refractivity contribution in [3.8, 4) is 0 Å². The van der Waals surface area contributed by atoms with Gasteiger partial charge in [-0.25, -0.2) is 0 Å². The van der Waals surface area contributed by atoms with Crippen LogP contribution in [0.25, 0.3) is 0 Å². The lowest BCUT2D eigenvalue weighted by Crippen LogP contribution is -2.49. The number of nitrogens with one attached hydrogen (secondary N) is 3. The number of amides is 3. The monoisotopic (exact) mass is 587 g/mol. The van der Waals surface area contributed by atoms with Crippen molar-refractivity contribution in [2.24, 2.45) is 25.4 Å². The lowest BCUT2D eigenvalue weighted by atomic mass is 9.70. The Morgan fingerprint density at radius 3 is 2.42 bits per heavy atom. The van der Waals surface area contributed by atoms with E-state index in [1.165, 1.54) is 11.1 Å². The lowest BCUT2D eigenvalue weighted by Gasteiger charge is -2.39. The zero-order valence-corrected chi connectivity index (χ0v) is 25.1. The second-order valence-corrected chi connectivity index (χ2v) is 12.8. The highest BCUT2D eigenvalue weighted by atomic mass is 16.5. The molecule has 3 heterocycles. The van der Waals surface area contributed by atoms with E-state index in [0.717, 1.165) is 36.9 Å². The molecule has 1 aromatic carbocycles. The summed E-state index contributed by atoms with van der Waals surface area (Å²) >= 11 is 0. The molecule has 2 aliphatic carbocycles. The SMILES string of the molecule is Cn1nccc1C(=O)N[C@H](C(=O)Nc1cccc(C2(C(=O)NCC3(C)CCC3)CCOC2)c1)C(c1ccnn1C)C1CC1. The molecule has 2 unspecified atom stereocenters. The zero-order valence-electron chi connectivity index (χ0n) is 25.1. The van der Waals surface area contributed by atoms with E-state index in [0.29, 0.717) is 37.6 Å². The van der Waals surface area contributed by atoms with Crippen LogP contribution in [0.1, 0.15) is 73.1 Å². The van der Waals surface area contributed by atoms with Gasteiger partial charge in [0.1, 0.15) is 11.7 Å². The predicted octanol–water partition coefficient (Wildman–Crippen LogP) is 3.05. The topological polar surface area (TPSA) is 132 Å². The number of rotatable bonds is 11. The molecule has 2 aromatic heterocycles. The van der Waals surface area contributed by atoms with Crippen molar-refractivity contribution in [1.29, 1.82) is 0 Å². The van der Waals surface area contributed by atoms with E-state index in [2.05, 4.69) is 33.1 Å². The number of benzene rings is 1. The minimum Gasteiger partial charge on any atom is -0.380 e. The Morgan fingerprint density at radius 2 is 1.81 bits per heavy atom. The van der Waals surface area contributed by atoms with Crippen LogP contribution in [-0.4, -0.2) is 63.1 Å². The fourth-order valence-corrected chi connectivity index (χ4v) is 6.62. The summed E-state index contributed by atoms with van der Waals surface area (Å²) in [5.74, 6) is -0.760. The second-order valence-electron chi connectivity index (χ2n) is 12.8. The lowest BCUT2D eigenvalue weighted by molar-refractivity contribution is -0.127. The van der Waals surface area contributed by atoms with Crippen molar-refractivity contribution in [3.63, 3.8) is 0 Å². The van der Waals surface area contributed by atoms with E-state index in [9.17, 15) is 14.4 Å². The van der Waals surface area contributed by atoms with E-state index in [1.54, 1.807) is 30.2 Å². The number of hydrogen-bond donors (Lipinski definition) is 3. The largest absolute Gasteiger partial charge is 0.380 e. The normalized spacial score (nSPS) is 22.3. The van der Waals surface area contributed by atoms with E-state index in [-0.39, 0.29) is 35.0 Å². The highest BCUT2D eigenvalue weighted by Gasteiger charge is 2.46. The van der Waals surface area contributed by atoms with Crippen LogP contribution in [0.5, 0.6) is 0 Å². The molecule has 3 atom stereocenters. The molecule has 3 aromatic rings. The van der Waals surface area contributed by atoms with Gasteiger partial charge in [-0.3, -0.25) is 23.7 Å². The molecule has 3 fully saturated rings. The number of carbonyl (C=O) groups excluding carboxylic acids is 3. The van der Waals surface area contributed by atoms with Crippen LogP contribution in [0.4, 0.5) is 5.69 Å². The molecule has 6 rings (SSSR count). The first-order valence-electron chi connectivity index (χ1n) is 15.2. The van der Waals surface area contributed by atoms with Crippen LogP contribution >= 0.6 is 0 Å².